The highest BCUT2D eigenvalue weighted by Gasteiger charge is 2.28. The molecule has 48 heavy (non-hydrogen) atoms. The van der Waals surface area contributed by atoms with Crippen LogP contribution in [0.5, 0.6) is 11.5 Å². The largest absolute Gasteiger partial charge is 0.460 e. The SMILES string of the molecule is Cc1cn(COCc2ccccc2)c(=O)n(CCC(NS(=O)(=O)c2ccc(Oc3ccccc3)cc2)C(=O)OCc2ccccc2)c1=O. The van der Waals surface area contributed by atoms with E-state index in [9.17, 15) is 22.8 Å². The molecular formula is C36H35N3O8S. The van der Waals surface area contributed by atoms with E-state index >= 15 is 0 Å². The number of aromatic nitrogens is 2. The molecule has 0 aliphatic carbocycles. The van der Waals surface area contributed by atoms with Gasteiger partial charge in [0.25, 0.3) is 5.56 Å². The van der Waals surface area contributed by atoms with Gasteiger partial charge in [0.2, 0.25) is 10.0 Å². The first-order valence-electron chi connectivity index (χ1n) is 15.2. The van der Waals surface area contributed by atoms with Crippen LogP contribution in [-0.2, 0) is 50.8 Å². The number of nitrogens with zero attached hydrogens (tertiary/aromatic N) is 2. The van der Waals surface area contributed by atoms with Gasteiger partial charge in [0.1, 0.15) is 30.9 Å². The van der Waals surface area contributed by atoms with Crippen molar-refractivity contribution in [2.45, 2.75) is 50.8 Å². The Bertz CT molecular complexity index is 2030. The first-order valence-corrected chi connectivity index (χ1v) is 16.7. The van der Waals surface area contributed by atoms with Crippen molar-refractivity contribution in [1.82, 2.24) is 13.9 Å². The highest BCUT2D eigenvalue weighted by atomic mass is 32.2. The lowest BCUT2D eigenvalue weighted by Gasteiger charge is -2.19. The molecule has 1 atom stereocenters. The Kier molecular flexibility index (Phi) is 11.4. The monoisotopic (exact) mass is 669 g/mol. The molecule has 0 spiro atoms. The Labute approximate surface area is 278 Å². The Morgan fingerprint density at radius 2 is 1.33 bits per heavy atom. The van der Waals surface area contributed by atoms with E-state index in [1.54, 1.807) is 43.3 Å². The number of benzene rings is 4. The van der Waals surface area contributed by atoms with Gasteiger partial charge in [0, 0.05) is 18.3 Å². The number of sulfonamides is 1. The van der Waals surface area contributed by atoms with Gasteiger partial charge in [-0.05, 0) is 60.9 Å². The van der Waals surface area contributed by atoms with Crippen LogP contribution < -0.4 is 20.7 Å². The molecule has 1 unspecified atom stereocenters. The maximum absolute atomic E-state index is 13.5. The molecule has 1 heterocycles. The van der Waals surface area contributed by atoms with Crippen LogP contribution in [0.3, 0.4) is 0 Å². The second-order valence-electron chi connectivity index (χ2n) is 10.9. The number of carbonyl (C=O) groups is 1. The van der Waals surface area contributed by atoms with Crippen LogP contribution in [0.4, 0.5) is 0 Å². The lowest BCUT2D eigenvalue weighted by atomic mass is 10.2. The molecule has 0 radical (unpaired) electrons. The third-order valence-corrected chi connectivity index (χ3v) is 8.80. The minimum atomic E-state index is -4.25. The molecule has 4 aromatic carbocycles. The summed E-state index contributed by atoms with van der Waals surface area (Å²) in [5.74, 6) is 0.140. The fraction of sp³-hybridized carbons (Fsp3) is 0.194. The van der Waals surface area contributed by atoms with Crippen LogP contribution in [0.15, 0.2) is 136 Å². The number of aryl methyl sites for hydroxylation is 1. The van der Waals surface area contributed by atoms with Crippen molar-refractivity contribution < 1.29 is 27.4 Å². The smallest absolute Gasteiger partial charge is 0.332 e. The topological polar surface area (TPSA) is 135 Å². The van der Waals surface area contributed by atoms with Crippen molar-refractivity contribution in [2.24, 2.45) is 0 Å². The number of para-hydroxylation sites is 1. The Hall–Kier alpha value is -5.30. The molecule has 0 saturated heterocycles. The van der Waals surface area contributed by atoms with Crippen LogP contribution in [0, 0.1) is 6.92 Å². The predicted octanol–water partition coefficient (Wildman–Crippen LogP) is 4.77. The summed E-state index contributed by atoms with van der Waals surface area (Å²) in [5, 5.41) is 0. The van der Waals surface area contributed by atoms with E-state index in [0.717, 1.165) is 10.1 Å². The molecule has 0 amide bonds. The van der Waals surface area contributed by atoms with Crippen molar-refractivity contribution in [3.8, 4) is 11.5 Å². The highest BCUT2D eigenvalue weighted by molar-refractivity contribution is 7.89. The molecular weight excluding hydrogens is 634 g/mol. The number of rotatable bonds is 15. The molecule has 1 N–H and O–H groups in total. The number of hydrogen-bond donors (Lipinski definition) is 1. The summed E-state index contributed by atoms with van der Waals surface area (Å²) < 4.78 is 48.5. The standard InChI is InChI=1S/C36H35N3O8S/c1-27-23-38(26-45-24-28-11-5-2-6-12-28)36(42)39(34(27)40)22-21-33(35(41)46-25-29-13-7-3-8-14-29)37-48(43,44)32-19-17-31(18-20-32)47-30-15-9-4-10-16-30/h2-20,23,33,37H,21-22,24-26H2,1H3. The molecule has 0 fully saturated rings. The third-order valence-electron chi connectivity index (χ3n) is 7.31. The van der Waals surface area contributed by atoms with Crippen molar-refractivity contribution >= 4 is 16.0 Å². The summed E-state index contributed by atoms with van der Waals surface area (Å²) in [6.45, 7) is 1.33. The molecule has 1 aromatic heterocycles. The summed E-state index contributed by atoms with van der Waals surface area (Å²) in [5.41, 5.74) is 0.673. The van der Waals surface area contributed by atoms with Gasteiger partial charge in [-0.1, -0.05) is 78.9 Å². The molecule has 248 valence electrons. The van der Waals surface area contributed by atoms with Crippen molar-refractivity contribution in [3.05, 3.63) is 159 Å². The number of hydrogen-bond acceptors (Lipinski definition) is 8. The Morgan fingerprint density at radius 3 is 1.96 bits per heavy atom. The summed E-state index contributed by atoms with van der Waals surface area (Å²) in [6.07, 6.45) is 1.16. The summed E-state index contributed by atoms with van der Waals surface area (Å²) in [6, 6.07) is 31.6. The van der Waals surface area contributed by atoms with Gasteiger partial charge >= 0.3 is 11.7 Å². The fourth-order valence-corrected chi connectivity index (χ4v) is 6.02. The zero-order chi connectivity index (χ0) is 33.9. The molecule has 5 rings (SSSR count). The van der Waals surface area contributed by atoms with E-state index in [1.807, 2.05) is 54.6 Å². The third kappa shape index (κ3) is 9.16. The van der Waals surface area contributed by atoms with Gasteiger partial charge in [-0.3, -0.25) is 18.7 Å². The number of nitrogens with one attached hydrogen (secondary N) is 1. The van der Waals surface area contributed by atoms with Gasteiger partial charge in [0.15, 0.2) is 0 Å². The molecule has 0 saturated carbocycles. The molecule has 11 nitrogen and oxygen atoms in total. The number of carbonyl (C=O) groups excluding carboxylic acids is 1. The lowest BCUT2D eigenvalue weighted by molar-refractivity contribution is -0.147. The molecule has 0 aliphatic rings. The molecule has 5 aromatic rings. The van der Waals surface area contributed by atoms with E-state index < -0.39 is 33.3 Å². The maximum Gasteiger partial charge on any atom is 0.332 e. The Balaban J connectivity index is 1.33. The molecule has 0 aliphatic heterocycles. The normalized spacial score (nSPS) is 11.9. The van der Waals surface area contributed by atoms with Crippen LogP contribution in [0.2, 0.25) is 0 Å². The minimum Gasteiger partial charge on any atom is -0.460 e. The highest BCUT2D eigenvalue weighted by Crippen LogP contribution is 2.23. The van der Waals surface area contributed by atoms with Crippen molar-refractivity contribution in [3.63, 3.8) is 0 Å². The predicted molar refractivity (Wildman–Crippen MR) is 179 cm³/mol. The van der Waals surface area contributed by atoms with Gasteiger partial charge in [0.05, 0.1) is 11.5 Å². The summed E-state index contributed by atoms with van der Waals surface area (Å²) in [7, 11) is -4.25. The van der Waals surface area contributed by atoms with Gasteiger partial charge in [-0.25, -0.2) is 13.2 Å². The minimum absolute atomic E-state index is 0.0978. The van der Waals surface area contributed by atoms with Gasteiger partial charge < -0.3 is 14.2 Å². The van der Waals surface area contributed by atoms with E-state index in [4.69, 9.17) is 14.2 Å². The second-order valence-corrected chi connectivity index (χ2v) is 12.6. The van der Waals surface area contributed by atoms with Gasteiger partial charge in [-0.15, -0.1) is 0 Å². The fourth-order valence-electron chi connectivity index (χ4n) is 4.80. The summed E-state index contributed by atoms with van der Waals surface area (Å²) in [4.78, 5) is 39.6. The number of esters is 1. The van der Waals surface area contributed by atoms with Gasteiger partial charge in [-0.2, -0.15) is 4.72 Å². The van der Waals surface area contributed by atoms with Crippen LogP contribution in [-0.4, -0.2) is 29.6 Å². The van der Waals surface area contributed by atoms with Crippen LogP contribution in [0.1, 0.15) is 23.1 Å². The maximum atomic E-state index is 13.5. The quantitative estimate of drug-likeness (QED) is 0.158. The molecule has 0 bridgehead atoms. The lowest BCUT2D eigenvalue weighted by Crippen LogP contribution is -2.45. The van der Waals surface area contributed by atoms with E-state index in [-0.39, 0.29) is 43.4 Å². The summed E-state index contributed by atoms with van der Waals surface area (Å²) >= 11 is 0. The van der Waals surface area contributed by atoms with Crippen molar-refractivity contribution in [1.29, 1.82) is 0 Å². The van der Waals surface area contributed by atoms with E-state index in [1.165, 1.54) is 35.0 Å². The van der Waals surface area contributed by atoms with Crippen molar-refractivity contribution in [2.75, 3.05) is 0 Å². The zero-order valence-corrected chi connectivity index (χ0v) is 27.0. The second kappa shape index (κ2) is 16.0. The Morgan fingerprint density at radius 1 is 0.771 bits per heavy atom. The number of ether oxygens (including phenoxy) is 3. The zero-order valence-electron chi connectivity index (χ0n) is 26.2. The average molecular weight is 670 g/mol. The molecule has 12 heteroatoms. The van der Waals surface area contributed by atoms with E-state index in [2.05, 4.69) is 4.72 Å². The first-order chi connectivity index (χ1) is 23.2. The van der Waals surface area contributed by atoms with Crippen LogP contribution in [0.25, 0.3) is 0 Å². The first kappa shape index (κ1) is 34.0. The van der Waals surface area contributed by atoms with Crippen LogP contribution >= 0.6 is 0 Å². The van der Waals surface area contributed by atoms with E-state index in [0.29, 0.717) is 17.1 Å². The average Bonchev–Trinajstić information content (AvgIpc) is 3.10.